The summed E-state index contributed by atoms with van der Waals surface area (Å²) in [6, 6.07) is 15.0. The third-order valence-electron chi connectivity index (χ3n) is 2.40. The second-order valence-electron chi connectivity index (χ2n) is 3.55. The monoisotopic (exact) mass is 304 g/mol. The minimum atomic E-state index is -1.39. The van der Waals surface area contributed by atoms with E-state index in [0.717, 1.165) is 11.1 Å². The van der Waals surface area contributed by atoms with Gasteiger partial charge in [-0.3, -0.25) is 0 Å². The summed E-state index contributed by atoms with van der Waals surface area (Å²) in [6.07, 6.45) is 0. The zero-order chi connectivity index (χ0) is 12.5. The zero-order valence-electron chi connectivity index (χ0n) is 8.63. The standard InChI is InChI=1S/C13H8Cl4/c14-12-4-2-1-3-11(12)9-5-7-10(8-6-9)13(15,16)17/h1-8H. The van der Waals surface area contributed by atoms with E-state index in [2.05, 4.69) is 0 Å². The normalized spacial score (nSPS) is 11.5. The first-order valence-corrected chi connectivity index (χ1v) is 6.42. The van der Waals surface area contributed by atoms with Gasteiger partial charge >= 0.3 is 0 Å². The Kier molecular flexibility index (Phi) is 3.89. The summed E-state index contributed by atoms with van der Waals surface area (Å²) < 4.78 is -1.39. The molecule has 0 N–H and O–H groups in total. The summed E-state index contributed by atoms with van der Waals surface area (Å²) in [6.45, 7) is 0. The molecule has 0 nitrogen and oxygen atoms in total. The van der Waals surface area contributed by atoms with Crippen molar-refractivity contribution in [1.29, 1.82) is 0 Å². The fourth-order valence-electron chi connectivity index (χ4n) is 1.53. The van der Waals surface area contributed by atoms with E-state index < -0.39 is 3.79 Å². The van der Waals surface area contributed by atoms with Gasteiger partial charge < -0.3 is 0 Å². The minimum Gasteiger partial charge on any atom is -0.0837 e. The second-order valence-corrected chi connectivity index (χ2v) is 6.24. The predicted octanol–water partition coefficient (Wildman–Crippen LogP) is 5.83. The van der Waals surface area contributed by atoms with E-state index in [1.807, 2.05) is 36.4 Å². The van der Waals surface area contributed by atoms with Crippen molar-refractivity contribution >= 4 is 46.4 Å². The molecule has 4 heteroatoms. The molecular weight excluding hydrogens is 298 g/mol. The van der Waals surface area contributed by atoms with Gasteiger partial charge in [-0.05, 0) is 11.6 Å². The van der Waals surface area contributed by atoms with Gasteiger partial charge in [-0.15, -0.1) is 0 Å². The maximum absolute atomic E-state index is 6.11. The summed E-state index contributed by atoms with van der Waals surface area (Å²) in [4.78, 5) is 0. The van der Waals surface area contributed by atoms with Gasteiger partial charge in [0.15, 0.2) is 0 Å². The van der Waals surface area contributed by atoms with E-state index in [0.29, 0.717) is 10.6 Å². The lowest BCUT2D eigenvalue weighted by Gasteiger charge is -2.12. The van der Waals surface area contributed by atoms with Crippen LogP contribution in [0, 0.1) is 0 Å². The van der Waals surface area contributed by atoms with Gasteiger partial charge in [-0.25, -0.2) is 0 Å². The molecule has 88 valence electrons. The van der Waals surface area contributed by atoms with Crippen LogP contribution in [0.2, 0.25) is 5.02 Å². The highest BCUT2D eigenvalue weighted by molar-refractivity contribution is 6.66. The zero-order valence-corrected chi connectivity index (χ0v) is 11.7. The maximum Gasteiger partial charge on any atom is 0.216 e. The largest absolute Gasteiger partial charge is 0.216 e. The van der Waals surface area contributed by atoms with E-state index in [4.69, 9.17) is 46.4 Å². The third kappa shape index (κ3) is 3.08. The van der Waals surface area contributed by atoms with Gasteiger partial charge in [-0.2, -0.15) is 0 Å². The van der Waals surface area contributed by atoms with Crippen molar-refractivity contribution in [2.24, 2.45) is 0 Å². The van der Waals surface area contributed by atoms with Crippen LogP contribution in [0.25, 0.3) is 11.1 Å². The van der Waals surface area contributed by atoms with Crippen molar-refractivity contribution in [3.05, 3.63) is 59.1 Å². The fraction of sp³-hybridized carbons (Fsp3) is 0.0769. The molecule has 0 fully saturated rings. The van der Waals surface area contributed by atoms with Crippen LogP contribution in [0.15, 0.2) is 48.5 Å². The molecule has 0 radical (unpaired) electrons. The number of rotatable bonds is 1. The maximum atomic E-state index is 6.11. The van der Waals surface area contributed by atoms with Crippen molar-refractivity contribution < 1.29 is 0 Å². The van der Waals surface area contributed by atoms with E-state index in [1.54, 1.807) is 12.1 Å². The van der Waals surface area contributed by atoms with Crippen molar-refractivity contribution in [2.75, 3.05) is 0 Å². The average molecular weight is 306 g/mol. The van der Waals surface area contributed by atoms with Crippen molar-refractivity contribution in [3.8, 4) is 11.1 Å². The van der Waals surface area contributed by atoms with Crippen LogP contribution in [0.3, 0.4) is 0 Å². The minimum absolute atomic E-state index is 0.637. The molecule has 0 saturated heterocycles. The lowest BCUT2D eigenvalue weighted by atomic mass is 10.0. The van der Waals surface area contributed by atoms with E-state index in [-0.39, 0.29) is 0 Å². The molecule has 0 aliphatic heterocycles. The number of hydrogen-bond donors (Lipinski definition) is 0. The highest BCUT2D eigenvalue weighted by atomic mass is 35.6. The average Bonchev–Trinajstić information content (AvgIpc) is 2.29. The van der Waals surface area contributed by atoms with Gasteiger partial charge in [0.1, 0.15) is 0 Å². The summed E-state index contributed by atoms with van der Waals surface area (Å²) in [5.41, 5.74) is 2.59. The summed E-state index contributed by atoms with van der Waals surface area (Å²) in [5, 5.41) is 0.703. The Labute approximate surface area is 120 Å². The Hall–Kier alpha value is -0.400. The molecule has 2 aromatic rings. The van der Waals surface area contributed by atoms with Crippen LogP contribution < -0.4 is 0 Å². The number of alkyl halides is 3. The molecule has 0 heterocycles. The summed E-state index contributed by atoms with van der Waals surface area (Å²) >= 11 is 23.5. The molecule has 2 rings (SSSR count). The molecule has 0 amide bonds. The molecule has 0 bridgehead atoms. The van der Waals surface area contributed by atoms with Gasteiger partial charge in [-0.1, -0.05) is 88.9 Å². The quantitative estimate of drug-likeness (QED) is 0.581. The Bertz CT molecular complexity index is 512. The molecule has 0 spiro atoms. The molecule has 0 aromatic heterocycles. The third-order valence-corrected chi connectivity index (χ3v) is 3.38. The molecule has 0 aliphatic carbocycles. The number of halogens is 4. The van der Waals surface area contributed by atoms with Gasteiger partial charge in [0.2, 0.25) is 3.79 Å². The van der Waals surface area contributed by atoms with Crippen molar-refractivity contribution in [1.82, 2.24) is 0 Å². The predicted molar refractivity (Wildman–Crippen MR) is 76.1 cm³/mol. The molecule has 0 saturated carbocycles. The molecule has 2 aromatic carbocycles. The highest BCUT2D eigenvalue weighted by Crippen LogP contribution is 2.39. The van der Waals surface area contributed by atoms with E-state index in [9.17, 15) is 0 Å². The lowest BCUT2D eigenvalue weighted by Crippen LogP contribution is -1.99. The van der Waals surface area contributed by atoms with E-state index >= 15 is 0 Å². The van der Waals surface area contributed by atoms with Crippen molar-refractivity contribution in [2.45, 2.75) is 3.79 Å². The summed E-state index contributed by atoms with van der Waals surface area (Å²) in [5.74, 6) is 0. The Morgan fingerprint density at radius 3 is 1.88 bits per heavy atom. The molecule has 17 heavy (non-hydrogen) atoms. The number of hydrogen-bond acceptors (Lipinski definition) is 0. The van der Waals surface area contributed by atoms with Gasteiger partial charge in [0, 0.05) is 16.1 Å². The van der Waals surface area contributed by atoms with Crippen LogP contribution in [-0.2, 0) is 3.79 Å². The number of benzene rings is 2. The topological polar surface area (TPSA) is 0 Å². The fourth-order valence-corrected chi connectivity index (χ4v) is 2.16. The summed E-state index contributed by atoms with van der Waals surface area (Å²) in [7, 11) is 0. The lowest BCUT2D eigenvalue weighted by molar-refractivity contribution is 1.24. The van der Waals surface area contributed by atoms with Crippen LogP contribution in [0.5, 0.6) is 0 Å². The van der Waals surface area contributed by atoms with Crippen LogP contribution >= 0.6 is 46.4 Å². The molecular formula is C13H8Cl4. The van der Waals surface area contributed by atoms with E-state index in [1.165, 1.54) is 0 Å². The highest BCUT2D eigenvalue weighted by Gasteiger charge is 2.22. The SMILES string of the molecule is Clc1ccccc1-c1ccc(C(Cl)(Cl)Cl)cc1. The Morgan fingerprint density at radius 2 is 1.35 bits per heavy atom. The van der Waals surface area contributed by atoms with Crippen LogP contribution in [0.4, 0.5) is 0 Å². The van der Waals surface area contributed by atoms with Crippen LogP contribution in [-0.4, -0.2) is 0 Å². The van der Waals surface area contributed by atoms with Crippen molar-refractivity contribution in [3.63, 3.8) is 0 Å². The first-order valence-electron chi connectivity index (χ1n) is 4.90. The molecule has 0 unspecified atom stereocenters. The Morgan fingerprint density at radius 1 is 0.765 bits per heavy atom. The first-order chi connectivity index (χ1) is 7.98. The van der Waals surface area contributed by atoms with Gasteiger partial charge in [0.05, 0.1) is 0 Å². The van der Waals surface area contributed by atoms with Crippen LogP contribution in [0.1, 0.15) is 5.56 Å². The van der Waals surface area contributed by atoms with Gasteiger partial charge in [0.25, 0.3) is 0 Å². The molecule has 0 atom stereocenters. The molecule has 0 aliphatic rings. The first kappa shape index (κ1) is 13.0. The second kappa shape index (κ2) is 5.07. The smallest absolute Gasteiger partial charge is 0.0837 e. The Balaban J connectivity index is 2.40.